The molecule has 0 aliphatic heterocycles. The van der Waals surface area contributed by atoms with Crippen LogP contribution in [0.1, 0.15) is 68.3 Å². The Morgan fingerprint density at radius 2 is 1.59 bits per heavy atom. The van der Waals surface area contributed by atoms with Gasteiger partial charge < -0.3 is 19.9 Å². The van der Waals surface area contributed by atoms with Crippen LogP contribution >= 0.6 is 11.3 Å². The number of carbonyl (C=O) groups is 3. The van der Waals surface area contributed by atoms with Crippen molar-refractivity contribution in [3.8, 4) is 0 Å². The summed E-state index contributed by atoms with van der Waals surface area (Å²) < 4.78 is 7.31. The van der Waals surface area contributed by atoms with Crippen molar-refractivity contribution in [3.05, 3.63) is 81.9 Å². The van der Waals surface area contributed by atoms with Crippen LogP contribution in [0.4, 0.5) is 10.7 Å². The average Bonchev–Trinajstić information content (AvgIpc) is 3.37. The van der Waals surface area contributed by atoms with Crippen LogP contribution in [0.15, 0.2) is 54.6 Å². The summed E-state index contributed by atoms with van der Waals surface area (Å²) >= 11 is 1.07. The molecular weight excluding hydrogens is 486 g/mol. The second-order valence-corrected chi connectivity index (χ2v) is 9.77. The molecule has 0 aliphatic rings. The van der Waals surface area contributed by atoms with E-state index in [9.17, 15) is 14.4 Å². The average molecular weight is 518 g/mol. The van der Waals surface area contributed by atoms with E-state index in [2.05, 4.69) is 17.6 Å². The van der Waals surface area contributed by atoms with Gasteiger partial charge in [-0.15, -0.1) is 11.3 Å². The van der Waals surface area contributed by atoms with Crippen LogP contribution in [0.2, 0.25) is 0 Å². The molecule has 0 radical (unpaired) electrons. The number of aromatic nitrogens is 1. The van der Waals surface area contributed by atoms with E-state index >= 15 is 0 Å². The highest BCUT2D eigenvalue weighted by Crippen LogP contribution is 2.35. The molecule has 8 heteroatoms. The van der Waals surface area contributed by atoms with E-state index in [1.807, 2.05) is 54.0 Å². The zero-order valence-corrected chi connectivity index (χ0v) is 22.3. The Labute approximate surface area is 220 Å². The fourth-order valence-corrected chi connectivity index (χ4v) is 5.54. The third kappa shape index (κ3) is 5.29. The number of para-hydroxylation sites is 2. The molecule has 4 aromatic rings. The number of benzene rings is 2. The minimum atomic E-state index is -0.575. The van der Waals surface area contributed by atoms with Gasteiger partial charge in [-0.2, -0.15) is 0 Å². The van der Waals surface area contributed by atoms with Crippen LogP contribution in [0.25, 0.3) is 10.9 Å². The molecule has 2 aromatic heterocycles. The van der Waals surface area contributed by atoms with E-state index < -0.39 is 5.97 Å². The number of hydrogen-bond donors (Lipinski definition) is 2. The summed E-state index contributed by atoms with van der Waals surface area (Å²) in [6.07, 6.45) is 1.91. The summed E-state index contributed by atoms with van der Waals surface area (Å²) in [5.41, 5.74) is 3.72. The Morgan fingerprint density at radius 3 is 2.30 bits per heavy atom. The van der Waals surface area contributed by atoms with Gasteiger partial charge >= 0.3 is 5.97 Å². The number of esters is 1. The minimum absolute atomic E-state index is 0.178. The first-order valence-electron chi connectivity index (χ1n) is 12.4. The number of fused-ring (bicyclic) bond motifs is 1. The van der Waals surface area contributed by atoms with Gasteiger partial charge in [-0.1, -0.05) is 49.7 Å². The van der Waals surface area contributed by atoms with Crippen LogP contribution < -0.4 is 10.6 Å². The molecule has 2 heterocycles. The highest BCUT2D eigenvalue weighted by molar-refractivity contribution is 7.19. The summed E-state index contributed by atoms with van der Waals surface area (Å²) in [4.78, 5) is 40.1. The van der Waals surface area contributed by atoms with Crippen molar-refractivity contribution in [2.24, 2.45) is 0 Å². The molecule has 0 unspecified atom stereocenters. The molecule has 0 aliphatic carbocycles. The Kier molecular flexibility index (Phi) is 8.08. The van der Waals surface area contributed by atoms with E-state index in [0.717, 1.165) is 40.6 Å². The number of rotatable bonds is 9. The first-order chi connectivity index (χ1) is 17.9. The quantitative estimate of drug-likeness (QED) is 0.239. The molecule has 0 saturated carbocycles. The van der Waals surface area contributed by atoms with Gasteiger partial charge in [0.2, 0.25) is 0 Å². The Morgan fingerprint density at radius 1 is 0.892 bits per heavy atom. The van der Waals surface area contributed by atoms with Crippen LogP contribution in [0.5, 0.6) is 0 Å². The molecule has 4 rings (SSSR count). The highest BCUT2D eigenvalue weighted by Gasteiger charge is 2.28. The van der Waals surface area contributed by atoms with Gasteiger partial charge in [0.05, 0.1) is 17.0 Å². The zero-order chi connectivity index (χ0) is 26.5. The molecule has 192 valence electrons. The topological polar surface area (TPSA) is 89.4 Å². The van der Waals surface area contributed by atoms with Crippen LogP contribution in [0.3, 0.4) is 0 Å². The number of aryl methyl sites for hydroxylation is 2. The van der Waals surface area contributed by atoms with Crippen molar-refractivity contribution >= 4 is 50.7 Å². The van der Waals surface area contributed by atoms with E-state index in [0.29, 0.717) is 33.4 Å². The predicted octanol–water partition coefficient (Wildman–Crippen LogP) is 6.80. The number of thiophene rings is 1. The fraction of sp³-hybridized carbons (Fsp3) is 0.276. The first-order valence-corrected chi connectivity index (χ1v) is 13.2. The van der Waals surface area contributed by atoms with Crippen molar-refractivity contribution in [1.29, 1.82) is 0 Å². The second kappa shape index (κ2) is 11.4. The second-order valence-electron chi connectivity index (χ2n) is 8.75. The zero-order valence-electron chi connectivity index (χ0n) is 21.5. The Balaban J connectivity index is 1.74. The van der Waals surface area contributed by atoms with Crippen molar-refractivity contribution in [3.63, 3.8) is 0 Å². The Bertz CT molecular complexity index is 1450. The fourth-order valence-electron chi connectivity index (χ4n) is 4.46. The molecule has 2 aromatic carbocycles. The number of nitrogens with one attached hydrogen (secondary N) is 2. The van der Waals surface area contributed by atoms with Crippen LogP contribution in [0, 0.1) is 13.8 Å². The van der Waals surface area contributed by atoms with Gasteiger partial charge in [-0.3, -0.25) is 9.59 Å². The lowest BCUT2D eigenvalue weighted by Gasteiger charge is -2.12. The smallest absolute Gasteiger partial charge is 0.341 e. The molecule has 7 nitrogen and oxygen atoms in total. The lowest BCUT2D eigenvalue weighted by molar-refractivity contribution is 0.0527. The summed E-state index contributed by atoms with van der Waals surface area (Å²) in [6, 6.07) is 17.0. The maximum absolute atomic E-state index is 13.7. The molecule has 0 fully saturated rings. The van der Waals surface area contributed by atoms with Crippen LogP contribution in [-0.4, -0.2) is 29.0 Å². The van der Waals surface area contributed by atoms with E-state index in [-0.39, 0.29) is 24.0 Å². The molecule has 37 heavy (non-hydrogen) atoms. The van der Waals surface area contributed by atoms with E-state index in [1.165, 1.54) is 0 Å². The van der Waals surface area contributed by atoms with Crippen molar-refractivity contribution in [2.75, 3.05) is 17.2 Å². The highest BCUT2D eigenvalue weighted by atomic mass is 32.1. The van der Waals surface area contributed by atoms with E-state index in [4.69, 9.17) is 4.74 Å². The Hall–Kier alpha value is -3.91. The molecule has 0 atom stereocenters. The molecular formula is C29H31N3O4S. The number of nitrogens with zero attached hydrogens (tertiary/aromatic N) is 1. The van der Waals surface area contributed by atoms with E-state index in [1.54, 1.807) is 26.0 Å². The maximum atomic E-state index is 13.7. The minimum Gasteiger partial charge on any atom is -0.462 e. The monoisotopic (exact) mass is 517 g/mol. The maximum Gasteiger partial charge on any atom is 0.341 e. The molecule has 0 bridgehead atoms. The molecule has 2 N–H and O–H groups in total. The lowest BCUT2D eigenvalue weighted by atomic mass is 10.1. The van der Waals surface area contributed by atoms with Crippen LogP contribution in [-0.2, 0) is 11.3 Å². The van der Waals surface area contributed by atoms with Gasteiger partial charge in [-0.25, -0.2) is 4.79 Å². The van der Waals surface area contributed by atoms with Gasteiger partial charge in [0.1, 0.15) is 10.7 Å². The summed E-state index contributed by atoms with van der Waals surface area (Å²) in [5.74, 6) is -1.26. The van der Waals surface area contributed by atoms with Gasteiger partial charge in [0.15, 0.2) is 0 Å². The number of carbonyl (C=O) groups excluding carboxylic acids is 3. The largest absolute Gasteiger partial charge is 0.462 e. The third-order valence-electron chi connectivity index (χ3n) is 6.27. The number of amides is 2. The standard InChI is InChI=1S/C29H31N3O4S/c1-5-7-17-32-22-16-12-11-15-21(22)18(3)24(32)26(33)31-28-23(29(35)36-6-2)19(4)25(37-28)27(34)30-20-13-9-8-10-14-20/h8-16H,5-7,17H2,1-4H3,(H,30,34)(H,31,33). The predicted molar refractivity (Wildman–Crippen MR) is 149 cm³/mol. The number of anilines is 2. The molecule has 0 spiro atoms. The SMILES string of the molecule is CCCCn1c(C(=O)Nc2sc(C(=O)Nc3ccccc3)c(C)c2C(=O)OCC)c(C)c2ccccc21. The number of ether oxygens (including phenoxy) is 1. The van der Waals surface area contributed by atoms with Gasteiger partial charge in [-0.05, 0) is 56.5 Å². The number of unbranched alkanes of at least 4 members (excludes halogenated alkanes) is 1. The first kappa shape index (κ1) is 26.2. The molecule has 0 saturated heterocycles. The summed E-state index contributed by atoms with van der Waals surface area (Å²) in [5, 5.41) is 7.11. The van der Waals surface area contributed by atoms with Crippen molar-refractivity contribution in [2.45, 2.75) is 47.1 Å². The lowest BCUT2D eigenvalue weighted by Crippen LogP contribution is -2.19. The van der Waals surface area contributed by atoms with Crippen molar-refractivity contribution < 1.29 is 19.1 Å². The van der Waals surface area contributed by atoms with Gasteiger partial charge in [0.25, 0.3) is 11.8 Å². The number of hydrogen-bond acceptors (Lipinski definition) is 5. The molecule has 2 amide bonds. The summed E-state index contributed by atoms with van der Waals surface area (Å²) in [7, 11) is 0. The summed E-state index contributed by atoms with van der Waals surface area (Å²) in [6.45, 7) is 8.34. The van der Waals surface area contributed by atoms with Crippen molar-refractivity contribution in [1.82, 2.24) is 4.57 Å². The third-order valence-corrected chi connectivity index (χ3v) is 7.47. The van der Waals surface area contributed by atoms with Gasteiger partial charge in [0, 0.05) is 23.1 Å². The normalized spacial score (nSPS) is 10.9.